The molecular weight excluding hydrogens is 346 g/mol. The summed E-state index contributed by atoms with van der Waals surface area (Å²) in [6.45, 7) is 3.29. The van der Waals surface area contributed by atoms with Crippen LogP contribution in [0.4, 0.5) is 0 Å². The zero-order valence-corrected chi connectivity index (χ0v) is 15.1. The summed E-state index contributed by atoms with van der Waals surface area (Å²) in [5.41, 5.74) is 2.89. The Morgan fingerprint density at radius 2 is 2.11 bits per heavy atom. The summed E-state index contributed by atoms with van der Waals surface area (Å²) in [7, 11) is 0. The van der Waals surface area contributed by atoms with Crippen molar-refractivity contribution in [2.75, 3.05) is 19.7 Å². The van der Waals surface area contributed by atoms with E-state index in [0.29, 0.717) is 38.2 Å². The topological polar surface area (TPSA) is 104 Å². The summed E-state index contributed by atoms with van der Waals surface area (Å²) in [6.07, 6.45) is 6.37. The molecule has 1 aliphatic heterocycles. The van der Waals surface area contributed by atoms with Crippen LogP contribution >= 0.6 is 0 Å². The van der Waals surface area contributed by atoms with Crippen LogP contribution < -0.4 is 0 Å². The Labute approximate surface area is 158 Å². The molecule has 1 saturated heterocycles. The molecular formula is C19H25N5O3. The molecule has 8 nitrogen and oxygen atoms in total. The molecule has 1 fully saturated rings. The van der Waals surface area contributed by atoms with Crippen molar-refractivity contribution in [2.24, 2.45) is 5.92 Å². The molecule has 0 radical (unpaired) electrons. The largest absolute Gasteiger partial charge is 0.466 e. The molecule has 1 aliphatic rings. The molecule has 3 aromatic rings. The fourth-order valence-electron chi connectivity index (χ4n) is 3.51. The zero-order chi connectivity index (χ0) is 18.8. The van der Waals surface area contributed by atoms with Crippen LogP contribution in [0.1, 0.15) is 33.1 Å². The van der Waals surface area contributed by atoms with Crippen molar-refractivity contribution in [1.82, 2.24) is 24.8 Å². The van der Waals surface area contributed by atoms with Gasteiger partial charge in [-0.15, -0.1) is 0 Å². The van der Waals surface area contributed by atoms with Crippen LogP contribution in [0, 0.1) is 5.92 Å². The Balaban J connectivity index is 0.00000150. The number of H-pyrrole nitrogens is 2. The number of aromatic nitrogens is 4. The summed E-state index contributed by atoms with van der Waals surface area (Å²) < 4.78 is 5.08. The lowest BCUT2D eigenvalue weighted by molar-refractivity contribution is -0.149. The van der Waals surface area contributed by atoms with Gasteiger partial charge in [0.2, 0.25) is 0 Å². The quantitative estimate of drug-likeness (QED) is 0.686. The maximum absolute atomic E-state index is 12.8. The van der Waals surface area contributed by atoms with E-state index in [1.54, 1.807) is 18.0 Å². The van der Waals surface area contributed by atoms with Crippen LogP contribution in [-0.4, -0.2) is 56.4 Å². The van der Waals surface area contributed by atoms with Gasteiger partial charge in [0.15, 0.2) is 0 Å². The van der Waals surface area contributed by atoms with Crippen LogP contribution in [0.2, 0.25) is 0 Å². The first-order chi connectivity index (χ1) is 13.2. The molecule has 2 N–H and O–H groups in total. The van der Waals surface area contributed by atoms with E-state index in [1.165, 1.54) is 6.33 Å². The first-order valence-electron chi connectivity index (χ1n) is 9.10. The molecule has 0 saturated carbocycles. The maximum Gasteiger partial charge on any atom is 0.309 e. The SMILES string of the molecule is CCOC(=O)C1CCN(C(=O)c2cc(-c3ncnc4[nH]ccc34)c[nH]2)CC1.[HH].[HH]. The van der Waals surface area contributed by atoms with Gasteiger partial charge in [0.05, 0.1) is 18.2 Å². The van der Waals surface area contributed by atoms with Crippen LogP contribution in [0.15, 0.2) is 30.9 Å². The van der Waals surface area contributed by atoms with Gasteiger partial charge in [-0.25, -0.2) is 9.97 Å². The lowest BCUT2D eigenvalue weighted by Gasteiger charge is -2.30. The minimum absolute atomic E-state index is 0. The highest BCUT2D eigenvalue weighted by Crippen LogP contribution is 2.26. The number of nitrogens with one attached hydrogen (secondary N) is 2. The summed E-state index contributed by atoms with van der Waals surface area (Å²) in [4.78, 5) is 41.1. The first kappa shape index (κ1) is 17.3. The highest BCUT2D eigenvalue weighted by Gasteiger charge is 2.29. The number of ether oxygens (including phenoxy) is 1. The van der Waals surface area contributed by atoms with Crippen LogP contribution in [0.5, 0.6) is 0 Å². The van der Waals surface area contributed by atoms with Gasteiger partial charge >= 0.3 is 5.97 Å². The number of aromatic amines is 2. The van der Waals surface area contributed by atoms with Crippen molar-refractivity contribution >= 4 is 22.9 Å². The van der Waals surface area contributed by atoms with E-state index in [2.05, 4.69) is 19.9 Å². The van der Waals surface area contributed by atoms with Gasteiger partial charge in [0, 0.05) is 39.3 Å². The highest BCUT2D eigenvalue weighted by molar-refractivity contribution is 5.96. The number of esters is 1. The lowest BCUT2D eigenvalue weighted by Crippen LogP contribution is -2.40. The molecule has 1 amide bonds. The molecule has 0 atom stereocenters. The fraction of sp³-hybridized carbons (Fsp3) is 0.368. The number of amides is 1. The normalized spacial score (nSPS) is 15.2. The van der Waals surface area contributed by atoms with Gasteiger partial charge in [-0.1, -0.05) is 0 Å². The average molecular weight is 371 g/mol. The molecule has 4 heterocycles. The highest BCUT2D eigenvalue weighted by atomic mass is 16.5. The fourth-order valence-corrected chi connectivity index (χ4v) is 3.51. The zero-order valence-electron chi connectivity index (χ0n) is 15.1. The lowest BCUT2D eigenvalue weighted by atomic mass is 9.97. The van der Waals surface area contributed by atoms with E-state index in [1.807, 2.05) is 18.3 Å². The minimum Gasteiger partial charge on any atom is -0.466 e. The number of fused-ring (bicyclic) bond motifs is 1. The molecule has 3 aromatic heterocycles. The monoisotopic (exact) mass is 371 g/mol. The van der Waals surface area contributed by atoms with Gasteiger partial charge in [0.1, 0.15) is 17.7 Å². The predicted molar refractivity (Wildman–Crippen MR) is 103 cm³/mol. The summed E-state index contributed by atoms with van der Waals surface area (Å²) in [6, 6.07) is 3.73. The molecule has 0 bridgehead atoms. The molecule has 0 aliphatic carbocycles. The summed E-state index contributed by atoms with van der Waals surface area (Å²) >= 11 is 0. The third-order valence-electron chi connectivity index (χ3n) is 4.94. The summed E-state index contributed by atoms with van der Waals surface area (Å²) in [5, 5.41) is 0.908. The molecule has 0 unspecified atom stereocenters. The second-order valence-electron chi connectivity index (χ2n) is 6.58. The second-order valence-corrected chi connectivity index (χ2v) is 6.58. The summed E-state index contributed by atoms with van der Waals surface area (Å²) in [5.74, 6) is -0.343. The number of nitrogens with zero attached hydrogens (tertiary/aromatic N) is 3. The van der Waals surface area contributed by atoms with Gasteiger partial charge in [0.25, 0.3) is 5.91 Å². The molecule has 144 valence electrons. The third-order valence-corrected chi connectivity index (χ3v) is 4.94. The van der Waals surface area contributed by atoms with Gasteiger partial charge in [-0.3, -0.25) is 9.59 Å². The standard InChI is InChI=1S/C19H21N5O3.2H2/c1-2-27-19(26)12-4-7-24(8-5-12)18(25)15-9-13(10-21-15)16-14-3-6-20-17(14)23-11-22-16;;/h3,6,9-12,21H,2,4-5,7-8H2,1H3,(H,20,22,23);2*1H. The van der Waals surface area contributed by atoms with E-state index in [0.717, 1.165) is 22.3 Å². The number of rotatable bonds is 4. The van der Waals surface area contributed by atoms with Crippen molar-refractivity contribution in [1.29, 1.82) is 0 Å². The van der Waals surface area contributed by atoms with Crippen molar-refractivity contribution in [3.8, 4) is 11.3 Å². The Hall–Kier alpha value is -3.16. The Bertz CT molecular complexity index is 979. The Morgan fingerprint density at radius 3 is 2.89 bits per heavy atom. The number of hydrogen-bond donors (Lipinski definition) is 2. The predicted octanol–water partition coefficient (Wildman–Crippen LogP) is 2.86. The average Bonchev–Trinajstić information content (AvgIpc) is 3.37. The number of hydrogen-bond acceptors (Lipinski definition) is 5. The molecule has 0 spiro atoms. The smallest absolute Gasteiger partial charge is 0.309 e. The Kier molecular flexibility index (Phi) is 4.62. The van der Waals surface area contributed by atoms with E-state index in [-0.39, 0.29) is 20.6 Å². The van der Waals surface area contributed by atoms with E-state index in [4.69, 9.17) is 4.74 Å². The van der Waals surface area contributed by atoms with Crippen molar-refractivity contribution < 1.29 is 17.2 Å². The molecule has 27 heavy (non-hydrogen) atoms. The minimum atomic E-state index is -0.161. The first-order valence-corrected chi connectivity index (χ1v) is 9.10. The van der Waals surface area contributed by atoms with E-state index < -0.39 is 0 Å². The van der Waals surface area contributed by atoms with E-state index in [9.17, 15) is 9.59 Å². The van der Waals surface area contributed by atoms with Gasteiger partial charge < -0.3 is 19.6 Å². The van der Waals surface area contributed by atoms with Crippen LogP contribution in [0.3, 0.4) is 0 Å². The third kappa shape index (κ3) is 3.30. The van der Waals surface area contributed by atoms with Gasteiger partial charge in [-0.2, -0.15) is 0 Å². The second kappa shape index (κ2) is 7.22. The van der Waals surface area contributed by atoms with Crippen LogP contribution in [-0.2, 0) is 9.53 Å². The molecule has 0 aromatic carbocycles. The Morgan fingerprint density at radius 1 is 1.30 bits per heavy atom. The number of piperidine rings is 1. The molecule has 4 rings (SSSR count). The molecule has 8 heteroatoms. The van der Waals surface area contributed by atoms with Crippen molar-refractivity contribution in [2.45, 2.75) is 19.8 Å². The van der Waals surface area contributed by atoms with Gasteiger partial charge in [-0.05, 0) is 31.9 Å². The number of likely N-dealkylation sites (tertiary alicyclic amines) is 1. The maximum atomic E-state index is 12.8. The van der Waals surface area contributed by atoms with E-state index >= 15 is 0 Å². The number of carbonyl (C=O) groups excluding carboxylic acids is 2. The number of carbonyl (C=O) groups is 2. The van der Waals surface area contributed by atoms with Crippen molar-refractivity contribution in [3.63, 3.8) is 0 Å². The van der Waals surface area contributed by atoms with Crippen molar-refractivity contribution in [3.05, 3.63) is 36.5 Å². The van der Waals surface area contributed by atoms with Crippen LogP contribution in [0.25, 0.3) is 22.3 Å².